The standard InChI is InChI=1S/C28H37ClFN5O2/c1-7-24(37)33-12-14-34(15-13-33)27(31-6)21-16-22(29)25(20-10-8-9-11-23(20)30)32-28(21)35(17-36)26(18(2)3)19(4)5/h7,10-11,16-19,26H,1,8-9,12-15H2,2-6H3. The Morgan fingerprint density at radius 1 is 1.14 bits per heavy atom. The predicted octanol–water partition coefficient (Wildman–Crippen LogP) is 5.12. The van der Waals surface area contributed by atoms with Crippen LogP contribution in [0.1, 0.15) is 51.8 Å². The quantitative estimate of drug-likeness (QED) is 0.203. The van der Waals surface area contributed by atoms with E-state index >= 15 is 0 Å². The van der Waals surface area contributed by atoms with Gasteiger partial charge in [-0.05, 0) is 42.9 Å². The topological polar surface area (TPSA) is 69.1 Å². The molecule has 3 rings (SSSR count). The monoisotopic (exact) mass is 529 g/mol. The van der Waals surface area contributed by atoms with Crippen molar-refractivity contribution < 1.29 is 14.0 Å². The van der Waals surface area contributed by atoms with Gasteiger partial charge in [-0.15, -0.1) is 0 Å². The molecule has 0 bridgehead atoms. The zero-order valence-corrected chi connectivity index (χ0v) is 23.1. The van der Waals surface area contributed by atoms with Crippen molar-refractivity contribution in [2.24, 2.45) is 16.8 Å². The second-order valence-corrected chi connectivity index (χ2v) is 10.4. The molecule has 0 radical (unpaired) electrons. The number of aliphatic imine (C=N–C) groups is 1. The number of carbonyl (C=O) groups is 2. The molecule has 1 aliphatic carbocycles. The Labute approximate surface area is 224 Å². The van der Waals surface area contributed by atoms with E-state index in [0.717, 1.165) is 6.41 Å². The van der Waals surface area contributed by atoms with Gasteiger partial charge >= 0.3 is 0 Å². The van der Waals surface area contributed by atoms with Crippen molar-refractivity contribution in [3.63, 3.8) is 0 Å². The number of pyridine rings is 1. The molecule has 0 spiro atoms. The normalized spacial score (nSPS) is 16.8. The summed E-state index contributed by atoms with van der Waals surface area (Å²) in [6.07, 6.45) is 6.75. The van der Waals surface area contributed by atoms with Gasteiger partial charge in [0.25, 0.3) is 0 Å². The van der Waals surface area contributed by atoms with E-state index in [0.29, 0.717) is 67.5 Å². The fourth-order valence-electron chi connectivity index (χ4n) is 5.26. The molecule has 0 N–H and O–H groups in total. The summed E-state index contributed by atoms with van der Waals surface area (Å²) >= 11 is 6.73. The Balaban J connectivity index is 2.15. The number of nitrogens with zero attached hydrogens (tertiary/aromatic N) is 5. The molecular weight excluding hydrogens is 493 g/mol. The maximum atomic E-state index is 14.8. The van der Waals surface area contributed by atoms with E-state index < -0.39 is 0 Å². The van der Waals surface area contributed by atoms with E-state index in [4.69, 9.17) is 16.6 Å². The smallest absolute Gasteiger partial charge is 0.246 e. The van der Waals surface area contributed by atoms with Gasteiger partial charge in [-0.25, -0.2) is 9.37 Å². The summed E-state index contributed by atoms with van der Waals surface area (Å²) in [6.45, 7) is 14.0. The second-order valence-electron chi connectivity index (χ2n) is 9.99. The molecule has 0 saturated carbocycles. The van der Waals surface area contributed by atoms with Crippen LogP contribution in [0.2, 0.25) is 5.02 Å². The zero-order chi connectivity index (χ0) is 27.3. The van der Waals surface area contributed by atoms with E-state index in [9.17, 15) is 14.0 Å². The van der Waals surface area contributed by atoms with Crippen LogP contribution in [0.15, 0.2) is 41.7 Å². The summed E-state index contributed by atoms with van der Waals surface area (Å²) in [5.74, 6) is 0.817. The first-order valence-corrected chi connectivity index (χ1v) is 13.2. The maximum absolute atomic E-state index is 14.8. The Bertz CT molecular complexity index is 1110. The molecule has 2 amide bonds. The maximum Gasteiger partial charge on any atom is 0.246 e. The SMILES string of the molecule is C=CC(=O)N1CCN(C(=NC)c2cc(Cl)c(C3=CCCC=C3F)nc2N(C=O)C(C(C)C)C(C)C)CC1. The number of hydrogen-bond acceptors (Lipinski definition) is 4. The highest BCUT2D eigenvalue weighted by atomic mass is 35.5. The molecule has 0 unspecified atom stereocenters. The lowest BCUT2D eigenvalue weighted by Gasteiger charge is -2.38. The van der Waals surface area contributed by atoms with Gasteiger partial charge in [0, 0.05) is 44.8 Å². The summed E-state index contributed by atoms with van der Waals surface area (Å²) in [4.78, 5) is 39.6. The van der Waals surface area contributed by atoms with Gasteiger partial charge in [0.15, 0.2) is 0 Å². The van der Waals surface area contributed by atoms with Gasteiger partial charge < -0.3 is 9.80 Å². The van der Waals surface area contributed by atoms with E-state index in [1.807, 2.05) is 0 Å². The highest BCUT2D eigenvalue weighted by molar-refractivity contribution is 6.33. The molecule has 9 heteroatoms. The lowest BCUT2D eigenvalue weighted by molar-refractivity contribution is -0.127. The minimum Gasteiger partial charge on any atom is -0.353 e. The van der Waals surface area contributed by atoms with E-state index in [-0.39, 0.29) is 34.6 Å². The molecular formula is C28H37ClFN5O2. The number of halogens is 2. The number of amidine groups is 1. The Morgan fingerprint density at radius 2 is 1.73 bits per heavy atom. The summed E-state index contributed by atoms with van der Waals surface area (Å²) in [5.41, 5.74) is 1.25. The van der Waals surface area contributed by atoms with E-state index in [1.165, 1.54) is 12.2 Å². The van der Waals surface area contributed by atoms with Gasteiger partial charge in [0.2, 0.25) is 12.3 Å². The van der Waals surface area contributed by atoms with E-state index in [1.54, 1.807) is 29.0 Å². The largest absolute Gasteiger partial charge is 0.353 e. The minimum absolute atomic E-state index is 0.107. The van der Waals surface area contributed by atoms with Crippen molar-refractivity contribution in [3.05, 3.63) is 53.0 Å². The number of rotatable bonds is 8. The number of anilines is 1. The summed E-state index contributed by atoms with van der Waals surface area (Å²) in [7, 11) is 1.68. The molecule has 1 fully saturated rings. The third-order valence-electron chi connectivity index (χ3n) is 6.87. The van der Waals surface area contributed by atoms with Crippen LogP contribution in [0.5, 0.6) is 0 Å². The average molecular weight is 530 g/mol. The number of aromatic nitrogens is 1. The summed E-state index contributed by atoms with van der Waals surface area (Å²) in [5, 5.41) is 0.286. The third-order valence-corrected chi connectivity index (χ3v) is 7.16. The van der Waals surface area contributed by atoms with Crippen molar-refractivity contribution in [2.75, 3.05) is 38.1 Å². The van der Waals surface area contributed by atoms with Crippen molar-refractivity contribution >= 4 is 41.1 Å². The van der Waals surface area contributed by atoms with Gasteiger partial charge in [-0.1, -0.05) is 52.0 Å². The molecule has 0 aromatic carbocycles. The molecule has 37 heavy (non-hydrogen) atoms. The number of allylic oxidation sites excluding steroid dienone is 4. The van der Waals surface area contributed by atoms with Crippen molar-refractivity contribution in [2.45, 2.75) is 46.6 Å². The first-order chi connectivity index (χ1) is 17.6. The van der Waals surface area contributed by atoms with E-state index in [2.05, 4.69) is 44.2 Å². The van der Waals surface area contributed by atoms with Crippen LogP contribution in [-0.2, 0) is 9.59 Å². The molecule has 200 valence electrons. The van der Waals surface area contributed by atoms with Crippen LogP contribution in [0, 0.1) is 11.8 Å². The van der Waals surface area contributed by atoms with Crippen molar-refractivity contribution in [1.29, 1.82) is 0 Å². The first-order valence-electron chi connectivity index (χ1n) is 12.8. The van der Waals surface area contributed by atoms with Crippen molar-refractivity contribution in [1.82, 2.24) is 14.8 Å². The van der Waals surface area contributed by atoms with Crippen LogP contribution in [0.4, 0.5) is 10.2 Å². The zero-order valence-electron chi connectivity index (χ0n) is 22.4. The number of piperazine rings is 1. The Hall–Kier alpha value is -3.00. The molecule has 2 heterocycles. The number of carbonyl (C=O) groups excluding carboxylic acids is 2. The Morgan fingerprint density at radius 3 is 2.24 bits per heavy atom. The number of amides is 2. The lowest BCUT2D eigenvalue weighted by atomic mass is 9.91. The van der Waals surface area contributed by atoms with Gasteiger partial charge in [0.05, 0.1) is 16.3 Å². The Kier molecular flexibility index (Phi) is 9.65. The lowest BCUT2D eigenvalue weighted by Crippen LogP contribution is -2.51. The fraction of sp³-hybridized carbons (Fsp3) is 0.500. The minimum atomic E-state index is -0.367. The van der Waals surface area contributed by atoms with Crippen LogP contribution in [0.25, 0.3) is 5.57 Å². The first kappa shape index (κ1) is 28.6. The highest BCUT2D eigenvalue weighted by Gasteiger charge is 2.32. The van der Waals surface area contributed by atoms with Crippen LogP contribution >= 0.6 is 11.6 Å². The predicted molar refractivity (Wildman–Crippen MR) is 148 cm³/mol. The van der Waals surface area contributed by atoms with Crippen LogP contribution < -0.4 is 4.90 Å². The third kappa shape index (κ3) is 6.12. The van der Waals surface area contributed by atoms with Gasteiger partial charge in [0.1, 0.15) is 17.5 Å². The summed E-state index contributed by atoms with van der Waals surface area (Å²) in [6, 6.07) is 1.58. The molecule has 1 saturated heterocycles. The molecule has 2 aliphatic rings. The van der Waals surface area contributed by atoms with Crippen LogP contribution in [-0.4, -0.2) is 72.2 Å². The highest BCUT2D eigenvalue weighted by Crippen LogP contribution is 2.37. The van der Waals surface area contributed by atoms with Crippen LogP contribution in [0.3, 0.4) is 0 Å². The molecule has 1 aromatic rings. The molecule has 1 aliphatic heterocycles. The summed E-state index contributed by atoms with van der Waals surface area (Å²) < 4.78 is 14.8. The molecule has 1 aromatic heterocycles. The van der Waals surface area contributed by atoms with Gasteiger partial charge in [-0.2, -0.15) is 0 Å². The second kappa shape index (κ2) is 12.5. The molecule has 7 nitrogen and oxygen atoms in total. The average Bonchev–Trinajstić information content (AvgIpc) is 2.88. The fourth-order valence-corrected chi connectivity index (χ4v) is 5.51. The van der Waals surface area contributed by atoms with Crippen molar-refractivity contribution in [3.8, 4) is 0 Å². The number of hydrogen-bond donors (Lipinski definition) is 0. The van der Waals surface area contributed by atoms with Gasteiger partial charge in [-0.3, -0.25) is 19.5 Å². The molecule has 0 atom stereocenters.